The van der Waals surface area contributed by atoms with E-state index in [1.165, 1.54) is 6.07 Å². The van der Waals surface area contributed by atoms with Gasteiger partial charge in [-0.15, -0.1) is 0 Å². The molecule has 0 amide bonds. The van der Waals surface area contributed by atoms with Crippen LogP contribution < -0.4 is 0 Å². The van der Waals surface area contributed by atoms with Crippen LogP contribution in [0.25, 0.3) is 27.5 Å². The van der Waals surface area contributed by atoms with Crippen LogP contribution in [0.5, 0.6) is 0 Å². The lowest BCUT2D eigenvalue weighted by molar-refractivity contribution is -0.169. The van der Waals surface area contributed by atoms with Gasteiger partial charge in [-0.2, -0.15) is 5.10 Å². The first-order valence-electron chi connectivity index (χ1n) is 11.3. The average Bonchev–Trinajstić information content (AvgIpc) is 3.33. The highest BCUT2D eigenvalue weighted by Crippen LogP contribution is 2.52. The largest absolute Gasteiger partial charge is 0.479 e. The number of carboxylic acids is 1. The van der Waals surface area contributed by atoms with Crippen LogP contribution in [-0.4, -0.2) is 50.3 Å². The zero-order valence-electron chi connectivity index (χ0n) is 19.6. The van der Waals surface area contributed by atoms with Crippen molar-refractivity contribution in [2.45, 2.75) is 50.5 Å². The number of aliphatic carboxylic acids is 1. The molecule has 4 aromatic rings. The van der Waals surface area contributed by atoms with Gasteiger partial charge >= 0.3 is 5.97 Å². The number of carboxylic acid groups (broad SMARTS) is 1. The second-order valence-electron chi connectivity index (χ2n) is 10.1. The summed E-state index contributed by atoms with van der Waals surface area (Å²) in [6.07, 6.45) is 2.01. The number of methoxy groups -OCH3 is 1. The molecule has 7 nitrogen and oxygen atoms in total. The summed E-state index contributed by atoms with van der Waals surface area (Å²) in [4.78, 5) is 11.6. The van der Waals surface area contributed by atoms with Gasteiger partial charge in [0, 0.05) is 34.7 Å². The number of aromatic amines is 1. The van der Waals surface area contributed by atoms with Gasteiger partial charge in [-0.1, -0.05) is 13.8 Å². The lowest BCUT2D eigenvalue weighted by Gasteiger charge is -2.42. The van der Waals surface area contributed by atoms with Crippen LogP contribution in [0.1, 0.15) is 49.4 Å². The number of halogens is 1. The molecule has 1 saturated carbocycles. The van der Waals surface area contributed by atoms with E-state index in [0.29, 0.717) is 12.2 Å². The van der Waals surface area contributed by atoms with Crippen molar-refractivity contribution < 1.29 is 24.1 Å². The monoisotopic (exact) mass is 465 g/mol. The molecule has 0 atom stereocenters. The van der Waals surface area contributed by atoms with Crippen molar-refractivity contribution in [3.8, 4) is 5.69 Å². The third-order valence-electron chi connectivity index (χ3n) is 7.09. The molecule has 0 bridgehead atoms. The van der Waals surface area contributed by atoms with Gasteiger partial charge in [-0.25, -0.2) is 9.18 Å². The topological polar surface area (TPSA) is 100 Å². The van der Waals surface area contributed by atoms with Gasteiger partial charge in [0.2, 0.25) is 0 Å². The van der Waals surface area contributed by atoms with Gasteiger partial charge < -0.3 is 19.5 Å². The molecule has 1 aliphatic carbocycles. The number of aryl methyl sites for hydroxylation is 1. The van der Waals surface area contributed by atoms with Crippen molar-refractivity contribution in [2.75, 3.05) is 13.7 Å². The van der Waals surface area contributed by atoms with Gasteiger partial charge in [0.15, 0.2) is 5.60 Å². The standard InChI is InChI=1S/C26H28FN3O4/c1-14-7-17(5-6-19(14)27)30-21-8-15-12-28-29-20(15)9-18(21)22(23(30)25(2,3)13-34-4)16-10-26(33,11-16)24(31)32/h5-9,12,16,33H,10-11,13H2,1-4H3,(H,28,29)(H,31,32)/t16-,26+. The molecule has 8 heteroatoms. The number of benzene rings is 2. The molecule has 0 spiro atoms. The zero-order valence-corrected chi connectivity index (χ0v) is 19.6. The van der Waals surface area contributed by atoms with Crippen LogP contribution in [0.3, 0.4) is 0 Å². The van der Waals surface area contributed by atoms with Gasteiger partial charge in [0.05, 0.1) is 23.8 Å². The number of aliphatic hydroxyl groups is 1. The number of H-pyrrole nitrogens is 1. The molecule has 0 aliphatic heterocycles. The summed E-state index contributed by atoms with van der Waals surface area (Å²) in [5, 5.41) is 29.1. The normalized spacial score (nSPS) is 20.7. The molecule has 2 heterocycles. The maximum atomic E-state index is 14.2. The van der Waals surface area contributed by atoms with Gasteiger partial charge in [-0.05, 0) is 67.1 Å². The first kappa shape index (κ1) is 22.6. The Morgan fingerprint density at radius 1 is 1.32 bits per heavy atom. The van der Waals surface area contributed by atoms with Gasteiger partial charge in [-0.3, -0.25) is 5.10 Å². The molecule has 1 fully saturated rings. The third kappa shape index (κ3) is 3.32. The average molecular weight is 466 g/mol. The molecule has 1 aliphatic rings. The highest BCUT2D eigenvalue weighted by atomic mass is 19.1. The van der Waals surface area contributed by atoms with Crippen LogP contribution >= 0.6 is 0 Å². The Balaban J connectivity index is 1.86. The summed E-state index contributed by atoms with van der Waals surface area (Å²) in [7, 11) is 1.65. The lowest BCUT2D eigenvalue weighted by atomic mass is 9.66. The number of carbonyl (C=O) groups is 1. The minimum atomic E-state index is -1.73. The van der Waals surface area contributed by atoms with E-state index in [9.17, 15) is 19.4 Å². The minimum absolute atomic E-state index is 0.126. The number of hydrogen-bond acceptors (Lipinski definition) is 4. The van der Waals surface area contributed by atoms with E-state index in [-0.39, 0.29) is 24.6 Å². The van der Waals surface area contributed by atoms with E-state index in [4.69, 9.17) is 4.74 Å². The Bertz CT molecular complexity index is 1430. The number of aromatic nitrogens is 3. The van der Waals surface area contributed by atoms with E-state index in [2.05, 4.69) is 28.6 Å². The number of rotatable bonds is 6. The van der Waals surface area contributed by atoms with Crippen molar-refractivity contribution in [3.05, 3.63) is 59.2 Å². The van der Waals surface area contributed by atoms with E-state index in [0.717, 1.165) is 38.8 Å². The molecule has 34 heavy (non-hydrogen) atoms. The number of hydrogen-bond donors (Lipinski definition) is 3. The lowest BCUT2D eigenvalue weighted by Crippen LogP contribution is -2.49. The fourth-order valence-electron chi connectivity index (χ4n) is 5.43. The molecular formula is C26H28FN3O4. The Morgan fingerprint density at radius 3 is 2.71 bits per heavy atom. The molecule has 0 radical (unpaired) electrons. The van der Waals surface area contributed by atoms with Crippen LogP contribution in [-0.2, 0) is 14.9 Å². The fraction of sp³-hybridized carbons (Fsp3) is 0.385. The van der Waals surface area contributed by atoms with E-state index in [1.807, 2.05) is 18.2 Å². The first-order chi connectivity index (χ1) is 16.1. The van der Waals surface area contributed by atoms with Crippen LogP contribution in [0.15, 0.2) is 36.5 Å². The van der Waals surface area contributed by atoms with Gasteiger partial charge in [0.1, 0.15) is 5.82 Å². The van der Waals surface area contributed by atoms with Crippen molar-refractivity contribution in [3.63, 3.8) is 0 Å². The molecular weight excluding hydrogens is 437 g/mol. The van der Waals surface area contributed by atoms with Crippen LogP contribution in [0.2, 0.25) is 0 Å². The number of fused-ring (bicyclic) bond motifs is 2. The fourth-order valence-corrected chi connectivity index (χ4v) is 5.43. The predicted molar refractivity (Wildman–Crippen MR) is 127 cm³/mol. The van der Waals surface area contributed by atoms with Crippen LogP contribution in [0, 0.1) is 12.7 Å². The zero-order chi connectivity index (χ0) is 24.4. The summed E-state index contributed by atoms with van der Waals surface area (Å²) < 4.78 is 21.9. The maximum Gasteiger partial charge on any atom is 0.335 e. The van der Waals surface area contributed by atoms with Crippen molar-refractivity contribution in [1.29, 1.82) is 0 Å². The Morgan fingerprint density at radius 2 is 2.06 bits per heavy atom. The summed E-state index contributed by atoms with van der Waals surface area (Å²) in [5.41, 5.74) is 2.88. The molecule has 2 aromatic carbocycles. The highest BCUT2D eigenvalue weighted by molar-refractivity contribution is 5.99. The maximum absolute atomic E-state index is 14.2. The summed E-state index contributed by atoms with van der Waals surface area (Å²) in [6, 6.07) is 9.12. The molecule has 0 saturated heterocycles. The molecule has 5 rings (SSSR count). The Labute approximate surface area is 196 Å². The predicted octanol–water partition coefficient (Wildman–Crippen LogP) is 4.57. The SMILES string of the molecule is COCC(C)(C)c1c([C@H]2C[C@](O)(C(=O)O)C2)c2cc3[nH]ncc3cc2n1-c1ccc(F)c(C)c1. The summed E-state index contributed by atoms with van der Waals surface area (Å²) >= 11 is 0. The van der Waals surface area contributed by atoms with E-state index >= 15 is 0 Å². The first-order valence-corrected chi connectivity index (χ1v) is 11.3. The number of nitrogens with zero attached hydrogens (tertiary/aromatic N) is 2. The minimum Gasteiger partial charge on any atom is -0.479 e. The highest BCUT2D eigenvalue weighted by Gasteiger charge is 2.51. The second kappa shape index (κ2) is 7.65. The summed E-state index contributed by atoms with van der Waals surface area (Å²) in [6.45, 7) is 6.32. The summed E-state index contributed by atoms with van der Waals surface area (Å²) in [5.74, 6) is -1.63. The molecule has 2 aromatic heterocycles. The van der Waals surface area contributed by atoms with Crippen LogP contribution in [0.4, 0.5) is 4.39 Å². The second-order valence-corrected chi connectivity index (χ2v) is 10.1. The van der Waals surface area contributed by atoms with E-state index in [1.54, 1.807) is 26.3 Å². The Kier molecular flexibility index (Phi) is 5.07. The van der Waals surface area contributed by atoms with E-state index < -0.39 is 17.0 Å². The third-order valence-corrected chi connectivity index (χ3v) is 7.09. The number of nitrogens with one attached hydrogen (secondary N) is 1. The van der Waals surface area contributed by atoms with Crippen molar-refractivity contribution in [1.82, 2.24) is 14.8 Å². The molecule has 0 unspecified atom stereocenters. The smallest absolute Gasteiger partial charge is 0.335 e. The Hall–Kier alpha value is -3.23. The van der Waals surface area contributed by atoms with Gasteiger partial charge in [0.25, 0.3) is 0 Å². The molecule has 3 N–H and O–H groups in total. The quantitative estimate of drug-likeness (QED) is 0.387. The van der Waals surface area contributed by atoms with Crippen molar-refractivity contribution >= 4 is 27.8 Å². The number of ether oxygens (including phenoxy) is 1. The van der Waals surface area contributed by atoms with Crippen molar-refractivity contribution in [2.24, 2.45) is 0 Å². The molecule has 178 valence electrons.